The van der Waals surface area contributed by atoms with Crippen LogP contribution in [-0.2, 0) is 6.54 Å². The van der Waals surface area contributed by atoms with Crippen molar-refractivity contribution in [3.05, 3.63) is 59.7 Å². The molecule has 0 aliphatic carbocycles. The number of nitrogens with one attached hydrogen (secondary N) is 3. The van der Waals surface area contributed by atoms with Crippen LogP contribution in [0.2, 0.25) is 0 Å². The van der Waals surface area contributed by atoms with Gasteiger partial charge < -0.3 is 14.6 Å². The fourth-order valence-corrected chi connectivity index (χ4v) is 3.68. The third kappa shape index (κ3) is 4.40. The largest absolute Gasteiger partial charge is 0.454 e. The van der Waals surface area contributed by atoms with Crippen LogP contribution >= 0.6 is 0 Å². The molecular weight excluding hydrogens is 344 g/mol. The Balaban J connectivity index is 1.47. The minimum atomic E-state index is -0.406. The quantitative estimate of drug-likeness (QED) is 0.586. The van der Waals surface area contributed by atoms with Gasteiger partial charge in [0.05, 0.1) is 18.2 Å². The summed E-state index contributed by atoms with van der Waals surface area (Å²) in [7, 11) is 0. The van der Waals surface area contributed by atoms with Crippen molar-refractivity contribution in [3.63, 3.8) is 0 Å². The Labute approximate surface area is 159 Å². The van der Waals surface area contributed by atoms with Gasteiger partial charge in [-0.25, -0.2) is 10.9 Å². The SMILES string of the molecule is CC(O)CN(Cc1ccc2c(c1)OCO2)CC1NNNC1c1ccccc1. The number of aliphatic hydroxyl groups is 1. The first-order valence-electron chi connectivity index (χ1n) is 9.29. The first kappa shape index (κ1) is 18.2. The van der Waals surface area contributed by atoms with Crippen LogP contribution in [0, 0.1) is 0 Å². The van der Waals surface area contributed by atoms with E-state index >= 15 is 0 Å². The van der Waals surface area contributed by atoms with Gasteiger partial charge in [-0.05, 0) is 30.2 Å². The highest BCUT2D eigenvalue weighted by Gasteiger charge is 2.30. The zero-order chi connectivity index (χ0) is 18.6. The summed E-state index contributed by atoms with van der Waals surface area (Å²) in [6.45, 7) is 4.19. The van der Waals surface area contributed by atoms with Gasteiger partial charge >= 0.3 is 0 Å². The van der Waals surface area contributed by atoms with E-state index in [0.717, 1.165) is 30.2 Å². The molecule has 2 aromatic rings. The van der Waals surface area contributed by atoms with Gasteiger partial charge in [0.1, 0.15) is 0 Å². The van der Waals surface area contributed by atoms with Crippen molar-refractivity contribution in [2.75, 3.05) is 19.9 Å². The number of aliphatic hydroxyl groups excluding tert-OH is 1. The highest BCUT2D eigenvalue weighted by molar-refractivity contribution is 5.44. The van der Waals surface area contributed by atoms with E-state index in [-0.39, 0.29) is 18.9 Å². The highest BCUT2D eigenvalue weighted by atomic mass is 16.7. The number of benzene rings is 2. The van der Waals surface area contributed by atoms with Crippen molar-refractivity contribution in [2.45, 2.75) is 31.7 Å². The monoisotopic (exact) mass is 370 g/mol. The van der Waals surface area contributed by atoms with Crippen LogP contribution in [0.1, 0.15) is 24.1 Å². The van der Waals surface area contributed by atoms with Gasteiger partial charge in [-0.1, -0.05) is 36.4 Å². The molecule has 1 fully saturated rings. The molecule has 7 heteroatoms. The second kappa shape index (κ2) is 8.24. The van der Waals surface area contributed by atoms with E-state index < -0.39 is 6.10 Å². The number of hydrogen-bond donors (Lipinski definition) is 4. The lowest BCUT2D eigenvalue weighted by molar-refractivity contribution is 0.114. The predicted octanol–water partition coefficient (Wildman–Crippen LogP) is 1.32. The van der Waals surface area contributed by atoms with Gasteiger partial charge in [0.2, 0.25) is 6.79 Å². The highest BCUT2D eigenvalue weighted by Crippen LogP contribution is 2.33. The molecule has 3 atom stereocenters. The van der Waals surface area contributed by atoms with Gasteiger partial charge in [-0.2, -0.15) is 5.53 Å². The standard InChI is InChI=1S/C20H26N4O3/c1-14(25)10-24(11-15-7-8-18-19(9-15)27-13-26-18)12-17-20(22-23-21-17)16-5-3-2-4-6-16/h2-9,14,17,20-23,25H,10-13H2,1H3. The lowest BCUT2D eigenvalue weighted by atomic mass is 10.00. The van der Waals surface area contributed by atoms with Crippen LogP contribution in [0.25, 0.3) is 0 Å². The fourth-order valence-electron chi connectivity index (χ4n) is 3.68. The molecule has 2 aliphatic heterocycles. The summed E-state index contributed by atoms with van der Waals surface area (Å²) >= 11 is 0. The van der Waals surface area contributed by atoms with Crippen LogP contribution in [0.15, 0.2) is 48.5 Å². The molecule has 27 heavy (non-hydrogen) atoms. The van der Waals surface area contributed by atoms with Crippen molar-refractivity contribution in [1.82, 2.24) is 21.3 Å². The smallest absolute Gasteiger partial charge is 0.231 e. The molecule has 0 bridgehead atoms. The molecule has 0 amide bonds. The molecule has 0 saturated carbocycles. The molecule has 1 saturated heterocycles. The van der Waals surface area contributed by atoms with Gasteiger partial charge in [-0.15, -0.1) is 0 Å². The second-order valence-electron chi connectivity index (χ2n) is 7.14. The first-order chi connectivity index (χ1) is 13.2. The lowest BCUT2D eigenvalue weighted by Gasteiger charge is -2.29. The van der Waals surface area contributed by atoms with Crippen LogP contribution in [-0.4, -0.2) is 42.0 Å². The van der Waals surface area contributed by atoms with Crippen molar-refractivity contribution in [3.8, 4) is 11.5 Å². The van der Waals surface area contributed by atoms with E-state index in [1.54, 1.807) is 0 Å². The Kier molecular flexibility index (Phi) is 5.56. The maximum atomic E-state index is 9.97. The van der Waals surface area contributed by atoms with Crippen LogP contribution < -0.4 is 25.9 Å². The number of nitrogens with zero attached hydrogens (tertiary/aromatic N) is 1. The molecule has 0 radical (unpaired) electrons. The zero-order valence-corrected chi connectivity index (χ0v) is 15.4. The van der Waals surface area contributed by atoms with E-state index in [1.807, 2.05) is 37.3 Å². The maximum absolute atomic E-state index is 9.97. The molecule has 0 spiro atoms. The minimum absolute atomic E-state index is 0.152. The number of fused-ring (bicyclic) bond motifs is 1. The summed E-state index contributed by atoms with van der Waals surface area (Å²) in [5.74, 6) is 1.57. The van der Waals surface area contributed by atoms with Crippen molar-refractivity contribution in [1.29, 1.82) is 0 Å². The molecule has 2 aliphatic rings. The third-order valence-electron chi connectivity index (χ3n) is 4.87. The Morgan fingerprint density at radius 1 is 1.11 bits per heavy atom. The van der Waals surface area contributed by atoms with E-state index in [9.17, 15) is 5.11 Å². The zero-order valence-electron chi connectivity index (χ0n) is 15.4. The van der Waals surface area contributed by atoms with Crippen molar-refractivity contribution >= 4 is 0 Å². The molecule has 2 heterocycles. The normalized spacial score (nSPS) is 22.3. The summed E-state index contributed by atoms with van der Waals surface area (Å²) in [6.07, 6.45) is -0.406. The second-order valence-corrected chi connectivity index (χ2v) is 7.14. The van der Waals surface area contributed by atoms with Crippen molar-refractivity contribution in [2.24, 2.45) is 0 Å². The summed E-state index contributed by atoms with van der Waals surface area (Å²) in [5, 5.41) is 9.97. The van der Waals surface area contributed by atoms with E-state index in [4.69, 9.17) is 9.47 Å². The maximum Gasteiger partial charge on any atom is 0.231 e. The van der Waals surface area contributed by atoms with Gasteiger partial charge in [-0.3, -0.25) is 4.90 Å². The Morgan fingerprint density at radius 3 is 2.74 bits per heavy atom. The minimum Gasteiger partial charge on any atom is -0.454 e. The summed E-state index contributed by atoms with van der Waals surface area (Å²) in [5.41, 5.74) is 12.0. The first-order valence-corrected chi connectivity index (χ1v) is 9.29. The molecule has 0 aromatic heterocycles. The molecule has 4 rings (SSSR count). The summed E-state index contributed by atoms with van der Waals surface area (Å²) in [6, 6.07) is 16.7. The number of hydrogen-bond acceptors (Lipinski definition) is 7. The number of hydrazine groups is 2. The van der Waals surface area contributed by atoms with Crippen molar-refractivity contribution < 1.29 is 14.6 Å². The number of rotatable bonds is 7. The molecule has 2 aromatic carbocycles. The Morgan fingerprint density at radius 2 is 1.93 bits per heavy atom. The topological polar surface area (TPSA) is 78.0 Å². The van der Waals surface area contributed by atoms with Gasteiger partial charge in [0.25, 0.3) is 0 Å². The van der Waals surface area contributed by atoms with E-state index in [0.29, 0.717) is 6.54 Å². The van der Waals surface area contributed by atoms with E-state index in [1.165, 1.54) is 5.56 Å². The average molecular weight is 370 g/mol. The summed E-state index contributed by atoms with van der Waals surface area (Å²) in [4.78, 5) is 2.25. The molecular formula is C20H26N4O3. The Bertz CT molecular complexity index is 756. The van der Waals surface area contributed by atoms with Crippen LogP contribution in [0.4, 0.5) is 0 Å². The van der Waals surface area contributed by atoms with Gasteiger partial charge in [0, 0.05) is 19.6 Å². The predicted molar refractivity (Wildman–Crippen MR) is 102 cm³/mol. The average Bonchev–Trinajstić information content (AvgIpc) is 3.30. The van der Waals surface area contributed by atoms with E-state index in [2.05, 4.69) is 39.5 Å². The molecule has 7 nitrogen and oxygen atoms in total. The van der Waals surface area contributed by atoms with Gasteiger partial charge in [0.15, 0.2) is 11.5 Å². The summed E-state index contributed by atoms with van der Waals surface area (Å²) < 4.78 is 10.9. The Hall–Kier alpha value is -2.16. The molecule has 3 unspecified atom stereocenters. The molecule has 4 N–H and O–H groups in total. The molecule has 144 valence electrons. The lowest BCUT2D eigenvalue weighted by Crippen LogP contribution is -2.43. The van der Waals surface area contributed by atoms with Crippen LogP contribution in [0.3, 0.4) is 0 Å². The van der Waals surface area contributed by atoms with Crippen LogP contribution in [0.5, 0.6) is 11.5 Å². The third-order valence-corrected chi connectivity index (χ3v) is 4.87. The fraction of sp³-hybridized carbons (Fsp3) is 0.400. The number of ether oxygens (including phenoxy) is 2.